The van der Waals surface area contributed by atoms with Crippen LogP contribution in [-0.4, -0.2) is 56.3 Å². The second-order valence-electron chi connectivity index (χ2n) is 5.02. The topological polar surface area (TPSA) is 66.9 Å². The summed E-state index contributed by atoms with van der Waals surface area (Å²) >= 11 is 6.08. The molecule has 8 heteroatoms. The molecular formula is C16H25ClN2O4S. The zero-order chi connectivity index (χ0) is 18.3. The molecule has 0 aliphatic carbocycles. The SMILES string of the molecule is CCOc1ccc(S(=O)(=O)N(CC)CC(=O)N(CC)CC)cc1Cl. The molecule has 1 rings (SSSR count). The van der Waals surface area contributed by atoms with Crippen LogP contribution >= 0.6 is 11.6 Å². The lowest BCUT2D eigenvalue weighted by molar-refractivity contribution is -0.131. The third-order valence-electron chi connectivity index (χ3n) is 3.62. The fraction of sp³-hybridized carbons (Fsp3) is 0.562. The van der Waals surface area contributed by atoms with Gasteiger partial charge in [0, 0.05) is 19.6 Å². The molecule has 0 bridgehead atoms. The fourth-order valence-corrected chi connectivity index (χ4v) is 3.98. The summed E-state index contributed by atoms with van der Waals surface area (Å²) in [5, 5.41) is 0.226. The largest absolute Gasteiger partial charge is 0.492 e. The minimum atomic E-state index is -3.80. The summed E-state index contributed by atoms with van der Waals surface area (Å²) in [6, 6.07) is 4.32. The van der Waals surface area contributed by atoms with Crippen molar-refractivity contribution in [3.63, 3.8) is 0 Å². The van der Waals surface area contributed by atoms with Crippen molar-refractivity contribution in [3.05, 3.63) is 23.2 Å². The summed E-state index contributed by atoms with van der Waals surface area (Å²) < 4.78 is 32.0. The first-order valence-corrected chi connectivity index (χ1v) is 9.83. The molecule has 24 heavy (non-hydrogen) atoms. The third kappa shape index (κ3) is 4.84. The lowest BCUT2D eigenvalue weighted by Crippen LogP contribution is -2.42. The molecule has 0 N–H and O–H groups in total. The molecule has 0 radical (unpaired) electrons. The smallest absolute Gasteiger partial charge is 0.243 e. The summed E-state index contributed by atoms with van der Waals surface area (Å²) in [4.78, 5) is 13.9. The van der Waals surface area contributed by atoms with Crippen molar-refractivity contribution in [3.8, 4) is 5.75 Å². The van der Waals surface area contributed by atoms with Crippen molar-refractivity contribution in [2.24, 2.45) is 0 Å². The molecule has 1 aromatic rings. The van der Waals surface area contributed by atoms with Gasteiger partial charge in [-0.3, -0.25) is 4.79 Å². The van der Waals surface area contributed by atoms with E-state index in [0.29, 0.717) is 25.4 Å². The molecule has 0 fully saturated rings. The Morgan fingerprint density at radius 3 is 2.21 bits per heavy atom. The number of sulfonamides is 1. The number of carbonyl (C=O) groups excluding carboxylic acids is 1. The molecule has 0 aromatic heterocycles. The Labute approximate surface area is 149 Å². The molecule has 0 atom stereocenters. The van der Waals surface area contributed by atoms with Gasteiger partial charge in [-0.2, -0.15) is 4.31 Å². The van der Waals surface area contributed by atoms with E-state index in [2.05, 4.69) is 0 Å². The number of carbonyl (C=O) groups is 1. The van der Waals surface area contributed by atoms with Gasteiger partial charge in [-0.05, 0) is 39.0 Å². The van der Waals surface area contributed by atoms with E-state index >= 15 is 0 Å². The number of ether oxygens (including phenoxy) is 1. The van der Waals surface area contributed by atoms with Crippen molar-refractivity contribution in [1.29, 1.82) is 0 Å². The van der Waals surface area contributed by atoms with Gasteiger partial charge in [-0.25, -0.2) is 8.42 Å². The fourth-order valence-electron chi connectivity index (χ4n) is 2.26. The van der Waals surface area contributed by atoms with E-state index in [1.807, 2.05) is 20.8 Å². The zero-order valence-electron chi connectivity index (χ0n) is 14.6. The molecule has 136 valence electrons. The second kappa shape index (κ2) is 9.25. The highest BCUT2D eigenvalue weighted by Gasteiger charge is 2.27. The van der Waals surface area contributed by atoms with Crippen LogP contribution in [0.5, 0.6) is 5.75 Å². The average molecular weight is 377 g/mol. The highest BCUT2D eigenvalue weighted by Crippen LogP contribution is 2.28. The normalized spacial score (nSPS) is 11.6. The number of likely N-dealkylation sites (N-methyl/N-ethyl adjacent to an activating group) is 2. The molecule has 0 aliphatic rings. The van der Waals surface area contributed by atoms with Crippen molar-refractivity contribution in [2.75, 3.05) is 32.8 Å². The molecule has 1 aromatic carbocycles. The maximum absolute atomic E-state index is 12.8. The molecule has 0 saturated carbocycles. The Balaban J connectivity index is 3.07. The maximum Gasteiger partial charge on any atom is 0.243 e. The van der Waals surface area contributed by atoms with E-state index in [9.17, 15) is 13.2 Å². The minimum absolute atomic E-state index is 0.0464. The van der Waals surface area contributed by atoms with E-state index < -0.39 is 10.0 Å². The number of hydrogen-bond donors (Lipinski definition) is 0. The molecule has 0 heterocycles. The quantitative estimate of drug-likeness (QED) is 0.664. The van der Waals surface area contributed by atoms with Crippen LogP contribution in [0, 0.1) is 0 Å². The Morgan fingerprint density at radius 2 is 1.75 bits per heavy atom. The van der Waals surface area contributed by atoms with Crippen molar-refractivity contribution in [1.82, 2.24) is 9.21 Å². The lowest BCUT2D eigenvalue weighted by Gasteiger charge is -2.25. The molecule has 1 amide bonds. The van der Waals surface area contributed by atoms with Gasteiger partial charge in [0.2, 0.25) is 15.9 Å². The first-order chi connectivity index (χ1) is 11.3. The van der Waals surface area contributed by atoms with Gasteiger partial charge in [0.1, 0.15) is 5.75 Å². The van der Waals surface area contributed by atoms with Gasteiger partial charge in [-0.1, -0.05) is 18.5 Å². The summed E-state index contributed by atoms with van der Waals surface area (Å²) in [5.74, 6) is 0.211. The van der Waals surface area contributed by atoms with Gasteiger partial charge < -0.3 is 9.64 Å². The van der Waals surface area contributed by atoms with Crippen molar-refractivity contribution >= 4 is 27.5 Å². The van der Waals surface area contributed by atoms with Crippen molar-refractivity contribution < 1.29 is 17.9 Å². The molecule has 0 saturated heterocycles. The van der Waals surface area contributed by atoms with Gasteiger partial charge in [-0.15, -0.1) is 0 Å². The number of nitrogens with zero attached hydrogens (tertiary/aromatic N) is 2. The number of halogens is 1. The average Bonchev–Trinajstić information content (AvgIpc) is 2.55. The lowest BCUT2D eigenvalue weighted by atomic mass is 10.3. The maximum atomic E-state index is 12.8. The van der Waals surface area contributed by atoms with Crippen LogP contribution in [0.15, 0.2) is 23.1 Å². The molecule has 0 unspecified atom stereocenters. The Morgan fingerprint density at radius 1 is 1.12 bits per heavy atom. The van der Waals surface area contributed by atoms with Gasteiger partial charge in [0.25, 0.3) is 0 Å². The van der Waals surface area contributed by atoms with Gasteiger partial charge in [0.05, 0.1) is 23.1 Å². The first-order valence-electron chi connectivity index (χ1n) is 8.01. The van der Waals surface area contributed by atoms with E-state index in [1.165, 1.54) is 18.2 Å². The highest BCUT2D eigenvalue weighted by molar-refractivity contribution is 7.89. The van der Waals surface area contributed by atoms with E-state index in [-0.39, 0.29) is 28.9 Å². The Bertz CT molecular complexity index is 660. The first kappa shape index (κ1) is 20.7. The predicted octanol–water partition coefficient (Wildman–Crippen LogP) is 2.62. The highest BCUT2D eigenvalue weighted by atomic mass is 35.5. The minimum Gasteiger partial charge on any atom is -0.492 e. The summed E-state index contributed by atoms with van der Waals surface area (Å²) in [6.07, 6.45) is 0. The molecular weight excluding hydrogens is 352 g/mol. The third-order valence-corrected chi connectivity index (χ3v) is 5.83. The van der Waals surface area contributed by atoms with E-state index in [4.69, 9.17) is 16.3 Å². The van der Waals surface area contributed by atoms with E-state index in [0.717, 1.165) is 4.31 Å². The van der Waals surface area contributed by atoms with Gasteiger partial charge in [0.15, 0.2) is 0 Å². The van der Waals surface area contributed by atoms with Crippen LogP contribution < -0.4 is 4.74 Å². The number of hydrogen-bond acceptors (Lipinski definition) is 4. The predicted molar refractivity (Wildman–Crippen MR) is 95.0 cm³/mol. The number of rotatable bonds is 9. The van der Waals surface area contributed by atoms with Crippen LogP contribution in [-0.2, 0) is 14.8 Å². The standard InChI is InChI=1S/C16H25ClN2O4S/c1-5-18(6-2)16(20)12-19(7-3)24(21,22)13-9-10-15(23-8-4)14(17)11-13/h9-11H,5-8,12H2,1-4H3. The number of amides is 1. The van der Waals surface area contributed by atoms with Crippen LogP contribution in [0.1, 0.15) is 27.7 Å². The second-order valence-corrected chi connectivity index (χ2v) is 7.37. The van der Waals surface area contributed by atoms with Crippen LogP contribution in [0.3, 0.4) is 0 Å². The summed E-state index contributed by atoms with van der Waals surface area (Å²) in [7, 11) is -3.80. The monoisotopic (exact) mass is 376 g/mol. The molecule has 0 spiro atoms. The van der Waals surface area contributed by atoms with Gasteiger partial charge >= 0.3 is 0 Å². The van der Waals surface area contributed by atoms with Crippen molar-refractivity contribution in [2.45, 2.75) is 32.6 Å². The summed E-state index contributed by atoms with van der Waals surface area (Å²) in [5.41, 5.74) is 0. The van der Waals surface area contributed by atoms with E-state index in [1.54, 1.807) is 11.8 Å². The Hall–Kier alpha value is -1.31. The van der Waals surface area contributed by atoms with Crippen LogP contribution in [0.25, 0.3) is 0 Å². The summed E-state index contributed by atoms with van der Waals surface area (Å²) in [6.45, 7) is 8.76. The van der Waals surface area contributed by atoms with Crippen LogP contribution in [0.4, 0.5) is 0 Å². The Kier molecular flexibility index (Phi) is 7.99. The zero-order valence-corrected chi connectivity index (χ0v) is 16.2. The number of benzene rings is 1. The molecule has 0 aliphatic heterocycles. The molecule has 6 nitrogen and oxygen atoms in total. The van der Waals surface area contributed by atoms with Crippen LogP contribution in [0.2, 0.25) is 5.02 Å².